The molecule has 0 fully saturated rings. The zero-order valence-electron chi connectivity index (χ0n) is 10.5. The predicted molar refractivity (Wildman–Crippen MR) is 72.5 cm³/mol. The van der Waals surface area contributed by atoms with E-state index in [1.54, 1.807) is 19.2 Å². The van der Waals surface area contributed by atoms with E-state index in [0.717, 1.165) is 10.6 Å². The Hall–Kier alpha value is -1.88. The van der Waals surface area contributed by atoms with Gasteiger partial charge in [-0.25, -0.2) is 4.98 Å². The van der Waals surface area contributed by atoms with Crippen LogP contribution in [0.2, 0.25) is 0 Å². The number of anilines is 1. The molecule has 94 valence electrons. The predicted octanol–water partition coefficient (Wildman–Crippen LogP) is 3.02. The van der Waals surface area contributed by atoms with Crippen LogP contribution in [0, 0.1) is 13.8 Å². The van der Waals surface area contributed by atoms with Gasteiger partial charge in [-0.1, -0.05) is 0 Å². The van der Waals surface area contributed by atoms with Gasteiger partial charge in [0.15, 0.2) is 11.6 Å². The summed E-state index contributed by atoms with van der Waals surface area (Å²) in [6, 6.07) is 7.35. The molecule has 0 aromatic carbocycles. The number of amides is 1. The fourth-order valence-electron chi connectivity index (χ4n) is 1.52. The van der Waals surface area contributed by atoms with E-state index in [4.69, 9.17) is 4.74 Å². The van der Waals surface area contributed by atoms with Crippen molar-refractivity contribution in [1.29, 1.82) is 0 Å². The normalized spacial score (nSPS) is 10.2. The lowest BCUT2D eigenvalue weighted by Gasteiger charge is -2.08. The Balaban J connectivity index is 2.23. The molecule has 1 amide bonds. The molecule has 0 aliphatic rings. The van der Waals surface area contributed by atoms with Gasteiger partial charge < -0.3 is 10.1 Å². The number of hydrogen-bond donors (Lipinski definition) is 1. The molecule has 0 spiro atoms. The summed E-state index contributed by atoms with van der Waals surface area (Å²) >= 11 is 1.45. The van der Waals surface area contributed by atoms with Crippen molar-refractivity contribution >= 4 is 23.1 Å². The SMILES string of the molecule is COc1ccc(C)nc1NC(=O)c1ccc(C)s1. The van der Waals surface area contributed by atoms with Gasteiger partial charge in [-0.2, -0.15) is 0 Å². The van der Waals surface area contributed by atoms with Crippen molar-refractivity contribution in [3.8, 4) is 5.75 Å². The monoisotopic (exact) mass is 262 g/mol. The fraction of sp³-hybridized carbons (Fsp3) is 0.231. The van der Waals surface area contributed by atoms with E-state index < -0.39 is 0 Å². The number of aryl methyl sites for hydroxylation is 2. The minimum absolute atomic E-state index is 0.162. The number of aromatic nitrogens is 1. The number of methoxy groups -OCH3 is 1. The summed E-state index contributed by atoms with van der Waals surface area (Å²) in [6.07, 6.45) is 0. The first-order valence-corrected chi connectivity index (χ1v) is 6.31. The van der Waals surface area contributed by atoms with Crippen LogP contribution in [0.5, 0.6) is 5.75 Å². The molecule has 2 aromatic rings. The average Bonchev–Trinajstić information content (AvgIpc) is 2.76. The summed E-state index contributed by atoms with van der Waals surface area (Å²) in [5.41, 5.74) is 0.827. The highest BCUT2D eigenvalue weighted by atomic mass is 32.1. The van der Waals surface area contributed by atoms with Crippen molar-refractivity contribution in [2.75, 3.05) is 12.4 Å². The zero-order valence-corrected chi connectivity index (χ0v) is 11.3. The molecule has 1 N–H and O–H groups in total. The Morgan fingerprint density at radius 2 is 2.06 bits per heavy atom. The molecule has 5 heteroatoms. The van der Waals surface area contributed by atoms with Crippen LogP contribution in [0.4, 0.5) is 5.82 Å². The van der Waals surface area contributed by atoms with Crippen LogP contribution in [-0.4, -0.2) is 18.0 Å². The lowest BCUT2D eigenvalue weighted by atomic mass is 10.3. The van der Waals surface area contributed by atoms with Crippen molar-refractivity contribution in [2.24, 2.45) is 0 Å². The summed E-state index contributed by atoms with van der Waals surface area (Å²) in [7, 11) is 1.55. The number of carbonyl (C=O) groups excluding carboxylic acids is 1. The lowest BCUT2D eigenvalue weighted by Crippen LogP contribution is -2.12. The molecule has 2 rings (SSSR count). The zero-order chi connectivity index (χ0) is 13.1. The Morgan fingerprint density at radius 1 is 1.28 bits per heavy atom. The van der Waals surface area contributed by atoms with Crippen molar-refractivity contribution in [3.05, 3.63) is 39.7 Å². The molecular weight excluding hydrogens is 248 g/mol. The summed E-state index contributed by atoms with van der Waals surface area (Å²) < 4.78 is 5.17. The average molecular weight is 262 g/mol. The van der Waals surface area contributed by atoms with Crippen LogP contribution in [0.1, 0.15) is 20.2 Å². The molecule has 0 aliphatic carbocycles. The number of rotatable bonds is 3. The molecular formula is C13H14N2O2S. The molecule has 0 saturated heterocycles. The first kappa shape index (κ1) is 12.6. The van der Waals surface area contributed by atoms with Gasteiger partial charge in [0.25, 0.3) is 5.91 Å². The fourth-order valence-corrected chi connectivity index (χ4v) is 2.29. The molecule has 2 heterocycles. The Labute approximate surface area is 110 Å². The van der Waals surface area contributed by atoms with Gasteiger partial charge in [0.05, 0.1) is 12.0 Å². The van der Waals surface area contributed by atoms with Crippen molar-refractivity contribution in [2.45, 2.75) is 13.8 Å². The molecule has 4 nitrogen and oxygen atoms in total. The second kappa shape index (κ2) is 5.18. The number of pyridine rings is 1. The quantitative estimate of drug-likeness (QED) is 0.925. The summed E-state index contributed by atoms with van der Waals surface area (Å²) in [6.45, 7) is 3.83. The molecule has 0 atom stereocenters. The van der Waals surface area contributed by atoms with E-state index in [-0.39, 0.29) is 5.91 Å². The van der Waals surface area contributed by atoms with Gasteiger partial charge in [-0.05, 0) is 38.1 Å². The molecule has 18 heavy (non-hydrogen) atoms. The molecule has 2 aromatic heterocycles. The highest BCUT2D eigenvalue weighted by Crippen LogP contribution is 2.23. The van der Waals surface area contributed by atoms with Crippen molar-refractivity contribution in [3.63, 3.8) is 0 Å². The van der Waals surface area contributed by atoms with E-state index in [1.807, 2.05) is 26.0 Å². The highest BCUT2D eigenvalue weighted by Gasteiger charge is 2.12. The molecule has 0 unspecified atom stereocenters. The van der Waals surface area contributed by atoms with Crippen LogP contribution >= 0.6 is 11.3 Å². The third kappa shape index (κ3) is 2.68. The minimum atomic E-state index is -0.162. The van der Waals surface area contributed by atoms with E-state index in [2.05, 4.69) is 10.3 Å². The molecule has 0 radical (unpaired) electrons. The second-order valence-corrected chi connectivity index (χ2v) is 5.16. The number of hydrogen-bond acceptors (Lipinski definition) is 4. The largest absolute Gasteiger partial charge is 0.493 e. The van der Waals surface area contributed by atoms with Gasteiger partial charge in [0, 0.05) is 10.6 Å². The number of nitrogens with one attached hydrogen (secondary N) is 1. The van der Waals surface area contributed by atoms with Crippen LogP contribution in [0.25, 0.3) is 0 Å². The lowest BCUT2D eigenvalue weighted by molar-refractivity contribution is 0.102. The van der Waals surface area contributed by atoms with Crippen LogP contribution in [0.15, 0.2) is 24.3 Å². The number of carbonyl (C=O) groups is 1. The van der Waals surface area contributed by atoms with Gasteiger partial charge in [0.2, 0.25) is 0 Å². The summed E-state index contributed by atoms with van der Waals surface area (Å²) in [5, 5.41) is 2.77. The van der Waals surface area contributed by atoms with Gasteiger partial charge in [-0.15, -0.1) is 11.3 Å². The summed E-state index contributed by atoms with van der Waals surface area (Å²) in [5.74, 6) is 0.847. The van der Waals surface area contributed by atoms with Crippen LogP contribution in [0.3, 0.4) is 0 Å². The first-order valence-electron chi connectivity index (χ1n) is 5.49. The van der Waals surface area contributed by atoms with E-state index in [9.17, 15) is 4.79 Å². The van der Waals surface area contributed by atoms with Gasteiger partial charge in [0.1, 0.15) is 0 Å². The van der Waals surface area contributed by atoms with E-state index in [1.165, 1.54) is 11.3 Å². The number of ether oxygens (including phenoxy) is 1. The number of thiophene rings is 1. The molecule has 0 aliphatic heterocycles. The standard InChI is InChI=1S/C13H14N2O2S/c1-8-4-6-10(17-3)12(14-8)15-13(16)11-7-5-9(2)18-11/h4-7H,1-3H3,(H,14,15,16). The van der Waals surface area contributed by atoms with Crippen molar-refractivity contribution in [1.82, 2.24) is 4.98 Å². The van der Waals surface area contributed by atoms with E-state index >= 15 is 0 Å². The van der Waals surface area contributed by atoms with Crippen LogP contribution in [-0.2, 0) is 0 Å². The number of nitrogens with zero attached hydrogens (tertiary/aromatic N) is 1. The Kier molecular flexibility index (Phi) is 3.62. The Bertz CT molecular complexity index is 578. The maximum atomic E-state index is 12.0. The first-order chi connectivity index (χ1) is 8.60. The topological polar surface area (TPSA) is 51.2 Å². The van der Waals surface area contributed by atoms with Crippen LogP contribution < -0.4 is 10.1 Å². The maximum absolute atomic E-state index is 12.0. The highest BCUT2D eigenvalue weighted by molar-refractivity contribution is 7.14. The second-order valence-electron chi connectivity index (χ2n) is 3.87. The molecule has 0 saturated carbocycles. The summed E-state index contributed by atoms with van der Waals surface area (Å²) in [4.78, 5) is 18.0. The van der Waals surface area contributed by atoms with Crippen molar-refractivity contribution < 1.29 is 9.53 Å². The third-order valence-electron chi connectivity index (χ3n) is 2.41. The minimum Gasteiger partial charge on any atom is -0.493 e. The third-order valence-corrected chi connectivity index (χ3v) is 3.41. The maximum Gasteiger partial charge on any atom is 0.266 e. The Morgan fingerprint density at radius 3 is 2.67 bits per heavy atom. The smallest absolute Gasteiger partial charge is 0.266 e. The van der Waals surface area contributed by atoms with E-state index in [0.29, 0.717) is 16.4 Å². The molecule has 0 bridgehead atoms. The van der Waals surface area contributed by atoms with Gasteiger partial charge in [-0.3, -0.25) is 4.79 Å². The van der Waals surface area contributed by atoms with Gasteiger partial charge >= 0.3 is 0 Å².